The van der Waals surface area contributed by atoms with Crippen LogP contribution in [0.2, 0.25) is 0 Å². The van der Waals surface area contributed by atoms with E-state index in [1.807, 2.05) is 30.1 Å². The average molecular weight is 598 g/mol. The van der Waals surface area contributed by atoms with Gasteiger partial charge in [-0.1, -0.05) is 0 Å². The Labute approximate surface area is 183 Å². The molecule has 0 fully saturated rings. The molecule has 30 heavy (non-hydrogen) atoms. The van der Waals surface area contributed by atoms with E-state index in [1.165, 1.54) is 14.6 Å². The first kappa shape index (κ1) is 22.0. The van der Waals surface area contributed by atoms with E-state index < -0.39 is 20.6 Å². The van der Waals surface area contributed by atoms with Crippen molar-refractivity contribution in [3.63, 3.8) is 0 Å². The van der Waals surface area contributed by atoms with Crippen LogP contribution < -0.4 is 15.4 Å². The van der Waals surface area contributed by atoms with Crippen LogP contribution in [0.5, 0.6) is 0 Å². The second kappa shape index (κ2) is 9.87. The summed E-state index contributed by atoms with van der Waals surface area (Å²) in [6.07, 6.45) is 0. The van der Waals surface area contributed by atoms with Gasteiger partial charge in [0.2, 0.25) is 0 Å². The number of guanidine groups is 1. The average Bonchev–Trinajstić information content (AvgIpc) is 2.79. The predicted molar refractivity (Wildman–Crippen MR) is 126 cm³/mol. The Morgan fingerprint density at radius 1 is 0.767 bits per heavy atom. The minimum absolute atomic E-state index is 0.0453. The van der Waals surface area contributed by atoms with Gasteiger partial charge in [0.1, 0.15) is 0 Å². The van der Waals surface area contributed by atoms with Crippen molar-refractivity contribution in [2.45, 2.75) is 0 Å². The number of benzene rings is 3. The third-order valence-electron chi connectivity index (χ3n) is 5.03. The van der Waals surface area contributed by atoms with Gasteiger partial charge in [-0.25, -0.2) is 0 Å². The van der Waals surface area contributed by atoms with Crippen molar-refractivity contribution in [3.8, 4) is 0 Å². The zero-order valence-electron chi connectivity index (χ0n) is 17.4. The first-order valence-corrected chi connectivity index (χ1v) is 16.7. The van der Waals surface area contributed by atoms with Crippen LogP contribution in [0.4, 0.5) is 0 Å². The summed E-state index contributed by atoms with van der Waals surface area (Å²) in [5.74, 6) is -0.156. The first-order chi connectivity index (χ1) is 14.4. The molecular weight excluding hydrogens is 569 g/mol. The summed E-state index contributed by atoms with van der Waals surface area (Å²) in [6, 6.07) is 31.8. The van der Waals surface area contributed by atoms with Gasteiger partial charge in [-0.05, 0) is 0 Å². The Balaban J connectivity index is 2.12. The first-order valence-electron chi connectivity index (χ1n) is 9.70. The monoisotopic (exact) mass is 597 g/mol. The Kier molecular flexibility index (Phi) is 7.23. The molecule has 3 rings (SSSR count). The molecule has 3 N–H and O–H groups in total. The second-order valence-electron chi connectivity index (χ2n) is 7.14. The number of rotatable bonds is 7. The van der Waals surface area contributed by atoms with Gasteiger partial charge >= 0.3 is 184 Å². The van der Waals surface area contributed by atoms with E-state index in [0.29, 0.717) is 4.20 Å². The number of nitrogens with one attached hydrogen (secondary N) is 1. The molecule has 1 amide bonds. The van der Waals surface area contributed by atoms with Gasteiger partial charge in [0.25, 0.3) is 0 Å². The van der Waals surface area contributed by atoms with E-state index in [9.17, 15) is 4.79 Å². The number of likely N-dealkylation sites (N-methyl/N-ethyl adjacent to an activating group) is 2. The van der Waals surface area contributed by atoms with E-state index in [4.69, 9.17) is 11.1 Å². The number of amides is 1. The molecule has 0 atom stereocenters. The molecule has 0 aliphatic rings. The van der Waals surface area contributed by atoms with Crippen molar-refractivity contribution in [3.05, 3.63) is 91.0 Å². The maximum absolute atomic E-state index is 13.0. The summed E-state index contributed by atoms with van der Waals surface area (Å²) in [6.45, 7) is 0.0892. The maximum atomic E-state index is 13.0. The van der Waals surface area contributed by atoms with Crippen LogP contribution in [0.1, 0.15) is 0 Å². The SMILES string of the molecule is CN(CC(=O)N(C)[CH2][Po]([c]1ccccc1)([c]1ccccc1)[c]1ccccc1)C(=N)N. The summed E-state index contributed by atoms with van der Waals surface area (Å²) < 4.78 is 4.63. The number of hydrogen-bond acceptors (Lipinski definition) is 2. The van der Waals surface area contributed by atoms with Gasteiger partial charge in [0.05, 0.1) is 0 Å². The Morgan fingerprint density at radius 2 is 1.13 bits per heavy atom. The summed E-state index contributed by atoms with van der Waals surface area (Å²) in [5, 5.41) is 7.56. The Hall–Kier alpha value is -2.70. The minimum atomic E-state index is -3.52. The number of hydrogen-bond donors (Lipinski definition) is 2. The molecule has 0 aromatic heterocycles. The van der Waals surface area contributed by atoms with E-state index in [-0.39, 0.29) is 18.4 Å². The van der Waals surface area contributed by atoms with Gasteiger partial charge in [-0.3, -0.25) is 0 Å². The van der Waals surface area contributed by atoms with Crippen LogP contribution in [-0.4, -0.2) is 67.1 Å². The van der Waals surface area contributed by atoms with Gasteiger partial charge < -0.3 is 0 Å². The topological polar surface area (TPSA) is 73.4 Å². The second-order valence-corrected chi connectivity index (χ2v) is 19.4. The van der Waals surface area contributed by atoms with E-state index in [0.717, 1.165) is 0 Å². The Morgan fingerprint density at radius 3 is 1.47 bits per heavy atom. The summed E-state index contributed by atoms with van der Waals surface area (Å²) >= 11 is -3.52. The zero-order chi connectivity index (χ0) is 21.6. The molecule has 0 aliphatic carbocycles. The van der Waals surface area contributed by atoms with Crippen LogP contribution in [0.3, 0.4) is 0 Å². The van der Waals surface area contributed by atoms with E-state index in [1.54, 1.807) is 7.05 Å². The van der Waals surface area contributed by atoms with Crippen LogP contribution in [0.25, 0.3) is 0 Å². The molecule has 3 aromatic rings. The molecular formula is C24H28N4OPo. The van der Waals surface area contributed by atoms with Crippen LogP contribution in [0, 0.1) is 5.41 Å². The number of nitrogens with two attached hydrogens (primary N) is 1. The molecule has 3 aromatic carbocycles. The van der Waals surface area contributed by atoms with Crippen LogP contribution in [-0.2, 0) is 4.79 Å². The molecule has 6 heteroatoms. The van der Waals surface area contributed by atoms with Crippen molar-refractivity contribution in [2.24, 2.45) is 5.73 Å². The molecule has 0 spiro atoms. The van der Waals surface area contributed by atoms with Gasteiger partial charge in [0, 0.05) is 0 Å². The van der Waals surface area contributed by atoms with Crippen LogP contribution in [0.15, 0.2) is 91.0 Å². The molecule has 5 nitrogen and oxygen atoms in total. The molecule has 0 radical (unpaired) electrons. The van der Waals surface area contributed by atoms with Crippen molar-refractivity contribution in [1.82, 2.24) is 9.80 Å². The van der Waals surface area contributed by atoms with E-state index >= 15 is 0 Å². The fourth-order valence-electron chi connectivity index (χ4n) is 3.36. The molecule has 0 unspecified atom stereocenters. The molecule has 0 aliphatic heterocycles. The fourth-order valence-corrected chi connectivity index (χ4v) is 18.3. The van der Waals surface area contributed by atoms with E-state index in [2.05, 4.69) is 72.8 Å². The molecule has 0 heterocycles. The van der Waals surface area contributed by atoms with Crippen molar-refractivity contribution in [1.29, 1.82) is 5.41 Å². The standard InChI is InChI=1S/C6H13N4O.3C6H5.Po/c1-9(2)5(11)4-10(3)6(7)8;3*1-2-4-6-5-3-1;/h1,4H2,2-3H3,(H3,7,8);3*1-5H;. The number of carbonyl (C=O) groups excluding carboxylic acids is 1. The zero-order valence-corrected chi connectivity index (χ0v) is 20.5. The summed E-state index contributed by atoms with van der Waals surface area (Å²) in [7, 11) is 3.52. The third-order valence-corrected chi connectivity index (χ3v) is 20.6. The number of carbonyl (C=O) groups is 1. The Bertz CT molecular complexity index is 883. The van der Waals surface area contributed by atoms with Gasteiger partial charge in [0.15, 0.2) is 0 Å². The van der Waals surface area contributed by atoms with Crippen LogP contribution >= 0.6 is 0 Å². The van der Waals surface area contributed by atoms with Crippen molar-refractivity contribution >= 4 is 42.1 Å². The molecule has 0 saturated carbocycles. The predicted octanol–water partition coefficient (Wildman–Crippen LogP) is 0.980. The third kappa shape index (κ3) is 4.71. The molecule has 156 valence electrons. The molecule has 0 bridgehead atoms. The summed E-state index contributed by atoms with van der Waals surface area (Å²) in [5.41, 5.74) is 5.54. The summed E-state index contributed by atoms with van der Waals surface area (Å²) in [4.78, 5) is 16.3. The number of nitrogens with zero attached hydrogens (tertiary/aromatic N) is 2. The quantitative estimate of drug-likeness (QED) is 0.315. The fraction of sp³-hybridized carbons (Fsp3) is 0.167. The molecule has 0 saturated heterocycles. The van der Waals surface area contributed by atoms with Gasteiger partial charge in [-0.2, -0.15) is 0 Å². The normalized spacial score (nSPS) is 11.5. The van der Waals surface area contributed by atoms with Gasteiger partial charge in [-0.15, -0.1) is 0 Å². The van der Waals surface area contributed by atoms with Crippen molar-refractivity contribution in [2.75, 3.05) is 24.8 Å². The van der Waals surface area contributed by atoms with Crippen molar-refractivity contribution < 1.29 is 4.79 Å².